The van der Waals surface area contributed by atoms with Crippen molar-refractivity contribution in [3.05, 3.63) is 143 Å². The van der Waals surface area contributed by atoms with Crippen LogP contribution in [-0.4, -0.2) is 4.40 Å². The molecule has 156 valence electrons. The van der Waals surface area contributed by atoms with Crippen LogP contribution in [0.5, 0.6) is 0 Å². The molecule has 0 aliphatic heterocycles. The minimum absolute atomic E-state index is 0.0167. The molecule has 3 heteroatoms. The summed E-state index contributed by atoms with van der Waals surface area (Å²) >= 11 is 0. The van der Waals surface area contributed by atoms with Gasteiger partial charge in [-0.2, -0.15) is 0 Å². The second-order valence-electron chi connectivity index (χ2n) is 7.95. The van der Waals surface area contributed by atoms with E-state index in [0.29, 0.717) is 0 Å². The van der Waals surface area contributed by atoms with Gasteiger partial charge in [-0.3, -0.25) is 9.20 Å². The first-order chi connectivity index (χ1) is 15.8. The van der Waals surface area contributed by atoms with Gasteiger partial charge in [0, 0.05) is 36.6 Å². The molecule has 3 nitrogen and oxygen atoms in total. The lowest BCUT2D eigenvalue weighted by molar-refractivity contribution is 0.800. The molecule has 0 saturated heterocycles. The summed E-state index contributed by atoms with van der Waals surface area (Å²) < 4.78 is 1.67. The summed E-state index contributed by atoms with van der Waals surface area (Å²) in [6, 6.07) is 39.1. The molecule has 0 unspecified atom stereocenters. The molecule has 0 saturated carbocycles. The maximum Gasteiger partial charge on any atom is 0.255 e. The smallest absolute Gasteiger partial charge is 0.255 e. The molecular weight excluding hydrogens is 392 g/mol. The summed E-state index contributed by atoms with van der Waals surface area (Å²) in [4.78, 5) is 14.9. The highest BCUT2D eigenvalue weighted by molar-refractivity contribution is 5.70. The quantitative estimate of drug-likeness (QED) is 0.330. The van der Waals surface area contributed by atoms with Crippen molar-refractivity contribution in [1.82, 2.24) is 4.40 Å². The lowest BCUT2D eigenvalue weighted by Crippen LogP contribution is -2.22. The van der Waals surface area contributed by atoms with Crippen LogP contribution in [0, 0.1) is 0 Å². The first kappa shape index (κ1) is 19.8. The van der Waals surface area contributed by atoms with Gasteiger partial charge in [-0.15, -0.1) is 0 Å². The van der Waals surface area contributed by atoms with Crippen LogP contribution in [0.3, 0.4) is 0 Å². The number of pyridine rings is 2. The molecule has 0 atom stereocenters. The summed E-state index contributed by atoms with van der Waals surface area (Å²) in [7, 11) is 0. The van der Waals surface area contributed by atoms with Gasteiger partial charge < -0.3 is 4.90 Å². The monoisotopic (exact) mass is 416 g/mol. The SMILES string of the molecule is O=c1cc(-c2ccc(N(Cc3ccccc3)Cc3ccccc3)cc2)cc2ccccn12. The molecule has 0 N–H and O–H groups in total. The molecule has 5 aromatic rings. The Balaban J connectivity index is 1.47. The van der Waals surface area contributed by atoms with Crippen LogP contribution in [0.2, 0.25) is 0 Å². The van der Waals surface area contributed by atoms with E-state index in [9.17, 15) is 4.79 Å². The molecule has 0 radical (unpaired) electrons. The summed E-state index contributed by atoms with van der Waals surface area (Å²) in [5, 5.41) is 0. The largest absolute Gasteiger partial charge is 0.363 e. The number of hydrogen-bond donors (Lipinski definition) is 0. The predicted octanol–water partition coefficient (Wildman–Crippen LogP) is 6.17. The Morgan fingerprint density at radius 2 is 1.19 bits per heavy atom. The van der Waals surface area contributed by atoms with Gasteiger partial charge in [-0.05, 0) is 52.6 Å². The summed E-state index contributed by atoms with van der Waals surface area (Å²) in [5.41, 5.74) is 6.55. The maximum absolute atomic E-state index is 12.5. The normalized spacial score (nSPS) is 10.9. The van der Waals surface area contributed by atoms with Crippen molar-refractivity contribution in [2.75, 3.05) is 4.90 Å². The van der Waals surface area contributed by atoms with Crippen molar-refractivity contribution in [3.63, 3.8) is 0 Å². The van der Waals surface area contributed by atoms with E-state index in [0.717, 1.165) is 35.4 Å². The van der Waals surface area contributed by atoms with Crippen molar-refractivity contribution >= 4 is 11.2 Å². The third-order valence-corrected chi connectivity index (χ3v) is 5.71. The summed E-state index contributed by atoms with van der Waals surface area (Å²) in [6.07, 6.45) is 1.80. The van der Waals surface area contributed by atoms with E-state index in [2.05, 4.69) is 83.8 Å². The highest BCUT2D eigenvalue weighted by atomic mass is 16.1. The molecule has 2 heterocycles. The van der Waals surface area contributed by atoms with E-state index in [1.807, 2.05) is 30.3 Å². The first-order valence-electron chi connectivity index (χ1n) is 10.8. The Kier molecular flexibility index (Phi) is 5.54. The number of benzene rings is 3. The van der Waals surface area contributed by atoms with Gasteiger partial charge in [0.25, 0.3) is 5.56 Å². The zero-order valence-corrected chi connectivity index (χ0v) is 17.8. The fraction of sp³-hybridized carbons (Fsp3) is 0.0690. The fourth-order valence-electron chi connectivity index (χ4n) is 4.06. The van der Waals surface area contributed by atoms with Crippen LogP contribution in [0.1, 0.15) is 11.1 Å². The Bertz CT molecular complexity index is 1330. The number of hydrogen-bond acceptors (Lipinski definition) is 2. The number of anilines is 1. The van der Waals surface area contributed by atoms with E-state index < -0.39 is 0 Å². The molecule has 5 rings (SSSR count). The van der Waals surface area contributed by atoms with Gasteiger partial charge in [0.2, 0.25) is 0 Å². The first-order valence-corrected chi connectivity index (χ1v) is 10.8. The second-order valence-corrected chi connectivity index (χ2v) is 7.95. The van der Waals surface area contributed by atoms with Gasteiger partial charge in [-0.1, -0.05) is 78.9 Å². The van der Waals surface area contributed by atoms with Crippen LogP contribution in [0.25, 0.3) is 16.6 Å². The van der Waals surface area contributed by atoms with Crippen LogP contribution < -0.4 is 10.5 Å². The molecule has 0 aliphatic carbocycles. The molecule has 0 spiro atoms. The molecule has 0 aliphatic rings. The lowest BCUT2D eigenvalue weighted by atomic mass is 10.0. The maximum atomic E-state index is 12.5. The topological polar surface area (TPSA) is 24.7 Å². The minimum atomic E-state index is -0.0167. The number of nitrogens with zero attached hydrogens (tertiary/aromatic N) is 2. The Labute approximate surface area is 187 Å². The Morgan fingerprint density at radius 3 is 1.81 bits per heavy atom. The van der Waals surface area contributed by atoms with Crippen molar-refractivity contribution in [2.45, 2.75) is 13.1 Å². The van der Waals surface area contributed by atoms with Crippen molar-refractivity contribution in [3.8, 4) is 11.1 Å². The fourth-order valence-corrected chi connectivity index (χ4v) is 4.06. The van der Waals surface area contributed by atoms with Crippen LogP contribution >= 0.6 is 0 Å². The number of rotatable bonds is 6. The number of aromatic nitrogens is 1. The molecule has 2 aromatic heterocycles. The van der Waals surface area contributed by atoms with E-state index >= 15 is 0 Å². The second kappa shape index (κ2) is 8.94. The van der Waals surface area contributed by atoms with E-state index in [1.54, 1.807) is 16.7 Å². The lowest BCUT2D eigenvalue weighted by Gasteiger charge is -2.25. The van der Waals surface area contributed by atoms with Crippen LogP contribution in [0.4, 0.5) is 5.69 Å². The van der Waals surface area contributed by atoms with Gasteiger partial charge >= 0.3 is 0 Å². The summed E-state index contributed by atoms with van der Waals surface area (Å²) in [6.45, 7) is 1.65. The highest BCUT2D eigenvalue weighted by Gasteiger charge is 2.10. The van der Waals surface area contributed by atoms with Crippen LogP contribution in [-0.2, 0) is 13.1 Å². The van der Waals surface area contributed by atoms with Gasteiger partial charge in [0.05, 0.1) is 0 Å². The van der Waals surface area contributed by atoms with E-state index in [-0.39, 0.29) is 5.56 Å². The Morgan fingerprint density at radius 1 is 0.594 bits per heavy atom. The molecular formula is C29H24N2O. The van der Waals surface area contributed by atoms with Crippen molar-refractivity contribution in [2.24, 2.45) is 0 Å². The van der Waals surface area contributed by atoms with Gasteiger partial charge in [0.1, 0.15) is 0 Å². The van der Waals surface area contributed by atoms with Gasteiger partial charge in [0.15, 0.2) is 0 Å². The molecule has 3 aromatic carbocycles. The molecule has 0 bridgehead atoms. The zero-order valence-electron chi connectivity index (χ0n) is 17.8. The zero-order chi connectivity index (χ0) is 21.8. The molecule has 0 fully saturated rings. The molecule has 0 amide bonds. The molecule has 32 heavy (non-hydrogen) atoms. The highest BCUT2D eigenvalue weighted by Crippen LogP contribution is 2.26. The number of fused-ring (bicyclic) bond motifs is 1. The predicted molar refractivity (Wildman–Crippen MR) is 132 cm³/mol. The average Bonchev–Trinajstić information content (AvgIpc) is 2.85. The van der Waals surface area contributed by atoms with E-state index in [1.165, 1.54) is 11.1 Å². The third-order valence-electron chi connectivity index (χ3n) is 5.71. The van der Waals surface area contributed by atoms with Crippen LogP contribution in [0.15, 0.2) is 126 Å². The minimum Gasteiger partial charge on any atom is -0.363 e. The van der Waals surface area contributed by atoms with Crippen molar-refractivity contribution in [1.29, 1.82) is 0 Å². The summed E-state index contributed by atoms with van der Waals surface area (Å²) in [5.74, 6) is 0. The third kappa shape index (κ3) is 4.33. The average molecular weight is 417 g/mol. The van der Waals surface area contributed by atoms with Crippen molar-refractivity contribution < 1.29 is 0 Å². The standard InChI is InChI=1S/C29H24N2O/c32-29-20-26(19-28-13-7-8-18-31(28)29)25-14-16-27(17-15-25)30(21-23-9-3-1-4-10-23)22-24-11-5-2-6-12-24/h1-20H,21-22H2. The van der Waals surface area contributed by atoms with Gasteiger partial charge in [-0.25, -0.2) is 0 Å². The van der Waals surface area contributed by atoms with E-state index in [4.69, 9.17) is 0 Å². The Hall–Kier alpha value is -4.11.